The van der Waals surface area contributed by atoms with Crippen LogP contribution in [0.25, 0.3) is 0 Å². The molecular weight excluding hydrogens is 265 g/mol. The molecule has 0 spiro atoms. The highest BCUT2D eigenvalue weighted by Crippen LogP contribution is 2.31. The molecule has 1 aromatic rings. The maximum absolute atomic E-state index is 12.8. The van der Waals surface area contributed by atoms with Crippen molar-refractivity contribution in [3.05, 3.63) is 35.4 Å². The van der Waals surface area contributed by atoms with E-state index in [1.54, 1.807) is 6.07 Å². The van der Waals surface area contributed by atoms with Gasteiger partial charge in [-0.2, -0.15) is 13.2 Å². The summed E-state index contributed by atoms with van der Waals surface area (Å²) in [7, 11) is 2.08. The van der Waals surface area contributed by atoms with Gasteiger partial charge in [0.2, 0.25) is 0 Å². The highest BCUT2D eigenvalue weighted by atomic mass is 19.4. The van der Waals surface area contributed by atoms with E-state index in [0.29, 0.717) is 24.2 Å². The van der Waals surface area contributed by atoms with Crippen molar-refractivity contribution in [2.75, 3.05) is 13.6 Å². The van der Waals surface area contributed by atoms with E-state index in [-0.39, 0.29) is 6.54 Å². The average molecular weight is 286 g/mol. The summed E-state index contributed by atoms with van der Waals surface area (Å²) in [6.07, 6.45) is -1.82. The zero-order chi connectivity index (χ0) is 14.8. The van der Waals surface area contributed by atoms with Gasteiger partial charge in [-0.1, -0.05) is 18.2 Å². The number of likely N-dealkylation sites (N-methyl/N-ethyl adjacent to an activating group) is 1. The number of halogens is 3. The van der Waals surface area contributed by atoms with Crippen molar-refractivity contribution >= 4 is 0 Å². The monoisotopic (exact) mass is 286 g/mol. The molecule has 112 valence electrons. The van der Waals surface area contributed by atoms with Crippen molar-refractivity contribution in [3.8, 4) is 0 Å². The van der Waals surface area contributed by atoms with Crippen LogP contribution in [0.1, 0.15) is 30.9 Å². The number of hydrogen-bond acceptors (Lipinski definition) is 2. The van der Waals surface area contributed by atoms with Gasteiger partial charge in [0.15, 0.2) is 0 Å². The van der Waals surface area contributed by atoms with E-state index in [1.807, 2.05) is 0 Å². The number of hydrogen-bond donors (Lipinski definition) is 1. The summed E-state index contributed by atoms with van der Waals surface area (Å²) >= 11 is 0. The lowest BCUT2D eigenvalue weighted by molar-refractivity contribution is -0.138. The highest BCUT2D eigenvalue weighted by molar-refractivity contribution is 5.29. The molecule has 0 aliphatic heterocycles. The second-order valence-electron chi connectivity index (χ2n) is 5.53. The Balaban J connectivity index is 1.87. The molecule has 20 heavy (non-hydrogen) atoms. The summed E-state index contributed by atoms with van der Waals surface area (Å²) in [4.78, 5) is 2.29. The van der Waals surface area contributed by atoms with E-state index < -0.39 is 11.7 Å². The maximum Gasteiger partial charge on any atom is 0.416 e. The normalized spacial score (nSPS) is 17.5. The molecule has 0 saturated heterocycles. The van der Waals surface area contributed by atoms with Crippen LogP contribution in [0.5, 0.6) is 0 Å². The molecule has 1 N–H and O–H groups in total. The summed E-state index contributed by atoms with van der Waals surface area (Å²) in [5, 5.41) is 3.14. The zero-order valence-corrected chi connectivity index (χ0v) is 11.9. The zero-order valence-electron chi connectivity index (χ0n) is 11.9. The fourth-order valence-corrected chi connectivity index (χ4v) is 2.35. The Bertz CT molecular complexity index is 441. The predicted molar refractivity (Wildman–Crippen MR) is 73.4 cm³/mol. The molecule has 1 aliphatic carbocycles. The average Bonchev–Trinajstić information content (AvgIpc) is 3.21. The third-order valence-corrected chi connectivity index (χ3v) is 3.90. The summed E-state index contributed by atoms with van der Waals surface area (Å²) in [5.74, 6) is 0. The van der Waals surface area contributed by atoms with Crippen LogP contribution in [0, 0.1) is 0 Å². The van der Waals surface area contributed by atoms with Crippen LogP contribution >= 0.6 is 0 Å². The summed E-state index contributed by atoms with van der Waals surface area (Å²) < 4.78 is 38.5. The topological polar surface area (TPSA) is 15.3 Å². The van der Waals surface area contributed by atoms with Gasteiger partial charge in [-0.15, -0.1) is 0 Å². The van der Waals surface area contributed by atoms with Crippen molar-refractivity contribution in [3.63, 3.8) is 0 Å². The maximum atomic E-state index is 12.8. The SMILES string of the molecule is CC(CNCc1ccccc1C(F)(F)F)N(C)C1CC1. The van der Waals surface area contributed by atoms with Crippen LogP contribution in [-0.2, 0) is 12.7 Å². The molecule has 1 aromatic carbocycles. The van der Waals surface area contributed by atoms with Gasteiger partial charge in [0, 0.05) is 25.2 Å². The summed E-state index contributed by atoms with van der Waals surface area (Å²) in [6.45, 7) is 3.04. The molecule has 1 fully saturated rings. The molecule has 1 aliphatic rings. The molecular formula is C15H21F3N2. The van der Waals surface area contributed by atoms with Crippen LogP contribution in [0.3, 0.4) is 0 Å². The lowest BCUT2D eigenvalue weighted by Gasteiger charge is -2.25. The van der Waals surface area contributed by atoms with Gasteiger partial charge in [-0.3, -0.25) is 4.90 Å². The fourth-order valence-electron chi connectivity index (χ4n) is 2.35. The number of rotatable bonds is 6. The smallest absolute Gasteiger partial charge is 0.311 e. The van der Waals surface area contributed by atoms with E-state index in [2.05, 4.69) is 24.2 Å². The van der Waals surface area contributed by atoms with Gasteiger partial charge in [0.05, 0.1) is 5.56 Å². The van der Waals surface area contributed by atoms with Gasteiger partial charge in [0.1, 0.15) is 0 Å². The van der Waals surface area contributed by atoms with Gasteiger partial charge in [-0.05, 0) is 38.4 Å². The lowest BCUT2D eigenvalue weighted by atomic mass is 10.1. The van der Waals surface area contributed by atoms with Crippen molar-refractivity contribution < 1.29 is 13.2 Å². The van der Waals surface area contributed by atoms with E-state index >= 15 is 0 Å². The Hall–Kier alpha value is -1.07. The first-order valence-corrected chi connectivity index (χ1v) is 6.97. The van der Waals surface area contributed by atoms with Gasteiger partial charge < -0.3 is 5.32 Å². The van der Waals surface area contributed by atoms with E-state index in [4.69, 9.17) is 0 Å². The second kappa shape index (κ2) is 6.14. The van der Waals surface area contributed by atoms with E-state index in [9.17, 15) is 13.2 Å². The molecule has 1 atom stereocenters. The van der Waals surface area contributed by atoms with Crippen LogP contribution < -0.4 is 5.32 Å². The van der Waals surface area contributed by atoms with Crippen LogP contribution in [0.15, 0.2) is 24.3 Å². The first-order valence-electron chi connectivity index (χ1n) is 6.97. The van der Waals surface area contributed by atoms with Gasteiger partial charge in [0.25, 0.3) is 0 Å². The molecule has 0 bridgehead atoms. The van der Waals surface area contributed by atoms with Crippen LogP contribution in [-0.4, -0.2) is 30.6 Å². The Labute approximate surface area is 118 Å². The third kappa shape index (κ3) is 3.96. The molecule has 2 rings (SSSR count). The highest BCUT2D eigenvalue weighted by Gasteiger charge is 2.33. The largest absolute Gasteiger partial charge is 0.416 e. The van der Waals surface area contributed by atoms with Crippen molar-refractivity contribution in [2.24, 2.45) is 0 Å². The standard InChI is InChI=1S/C15H21F3N2/c1-11(20(2)13-7-8-13)9-19-10-12-5-3-4-6-14(12)15(16,17)18/h3-6,11,13,19H,7-10H2,1-2H3. The molecule has 0 heterocycles. The van der Waals surface area contributed by atoms with Crippen molar-refractivity contribution in [1.29, 1.82) is 0 Å². The minimum Gasteiger partial charge on any atom is -0.311 e. The molecule has 2 nitrogen and oxygen atoms in total. The Morgan fingerprint density at radius 2 is 1.95 bits per heavy atom. The Morgan fingerprint density at radius 1 is 1.30 bits per heavy atom. The number of benzene rings is 1. The molecule has 0 amide bonds. The molecule has 0 aromatic heterocycles. The van der Waals surface area contributed by atoms with Gasteiger partial charge >= 0.3 is 6.18 Å². The van der Waals surface area contributed by atoms with Crippen LogP contribution in [0.2, 0.25) is 0 Å². The fraction of sp³-hybridized carbons (Fsp3) is 0.600. The Morgan fingerprint density at radius 3 is 2.55 bits per heavy atom. The van der Waals surface area contributed by atoms with Crippen molar-refractivity contribution in [1.82, 2.24) is 10.2 Å². The minimum atomic E-state index is -4.28. The minimum absolute atomic E-state index is 0.249. The third-order valence-electron chi connectivity index (χ3n) is 3.90. The van der Waals surface area contributed by atoms with Crippen molar-refractivity contribution in [2.45, 2.75) is 44.6 Å². The van der Waals surface area contributed by atoms with Gasteiger partial charge in [-0.25, -0.2) is 0 Å². The summed E-state index contributed by atoms with van der Waals surface area (Å²) in [5.41, 5.74) is -0.239. The first-order chi connectivity index (χ1) is 9.39. The first kappa shape index (κ1) is 15.3. The second-order valence-corrected chi connectivity index (χ2v) is 5.53. The molecule has 1 saturated carbocycles. The lowest BCUT2D eigenvalue weighted by Crippen LogP contribution is -2.39. The summed E-state index contributed by atoms with van der Waals surface area (Å²) in [6, 6.07) is 6.73. The van der Waals surface area contributed by atoms with E-state index in [1.165, 1.54) is 25.0 Å². The quantitative estimate of drug-likeness (QED) is 0.863. The molecule has 5 heteroatoms. The number of nitrogens with one attached hydrogen (secondary N) is 1. The number of nitrogens with zero attached hydrogens (tertiary/aromatic N) is 1. The van der Waals surface area contributed by atoms with E-state index in [0.717, 1.165) is 6.07 Å². The molecule has 0 radical (unpaired) electrons. The Kier molecular flexibility index (Phi) is 4.70. The predicted octanol–water partition coefficient (Wildman–Crippen LogP) is 3.28. The molecule has 1 unspecified atom stereocenters. The number of alkyl halides is 3. The van der Waals surface area contributed by atoms with Crippen LogP contribution in [0.4, 0.5) is 13.2 Å².